The standard InChI is InChI=1S/C17H24N4/c1-6-18-10-11(2)16-13(4)20-17(21-14(16)5)15-9-7-8-12(3)19-15/h7-9,11,18H,6,10H2,1-5H3. The maximum atomic E-state index is 4.67. The molecule has 2 aromatic rings. The lowest BCUT2D eigenvalue weighted by Gasteiger charge is -2.17. The van der Waals surface area contributed by atoms with Gasteiger partial charge in [0.25, 0.3) is 0 Å². The van der Waals surface area contributed by atoms with Gasteiger partial charge in [-0.15, -0.1) is 0 Å². The number of likely N-dealkylation sites (N-methyl/N-ethyl adjacent to an activating group) is 1. The molecule has 0 aliphatic rings. The highest BCUT2D eigenvalue weighted by Crippen LogP contribution is 2.23. The number of nitrogens with zero attached hydrogens (tertiary/aromatic N) is 3. The van der Waals surface area contributed by atoms with Gasteiger partial charge < -0.3 is 5.32 Å². The summed E-state index contributed by atoms with van der Waals surface area (Å²) in [5.41, 5.74) is 5.16. The van der Waals surface area contributed by atoms with Crippen LogP contribution < -0.4 is 5.32 Å². The van der Waals surface area contributed by atoms with Crippen LogP contribution >= 0.6 is 0 Å². The Balaban J connectivity index is 2.37. The van der Waals surface area contributed by atoms with Gasteiger partial charge >= 0.3 is 0 Å². The summed E-state index contributed by atoms with van der Waals surface area (Å²) in [7, 11) is 0. The quantitative estimate of drug-likeness (QED) is 0.916. The molecular weight excluding hydrogens is 260 g/mol. The third-order valence-corrected chi connectivity index (χ3v) is 3.64. The van der Waals surface area contributed by atoms with Crippen LogP contribution in [0.4, 0.5) is 0 Å². The average Bonchev–Trinajstić information content (AvgIpc) is 2.44. The van der Waals surface area contributed by atoms with Gasteiger partial charge in [0.1, 0.15) is 5.69 Å². The molecule has 0 fully saturated rings. The van der Waals surface area contributed by atoms with Crippen molar-refractivity contribution in [3.63, 3.8) is 0 Å². The average molecular weight is 284 g/mol. The van der Waals surface area contributed by atoms with E-state index in [1.807, 2.05) is 25.1 Å². The fourth-order valence-electron chi connectivity index (χ4n) is 2.68. The van der Waals surface area contributed by atoms with Crippen molar-refractivity contribution >= 4 is 0 Å². The molecule has 2 heterocycles. The molecule has 4 nitrogen and oxygen atoms in total. The van der Waals surface area contributed by atoms with Crippen LogP contribution in [-0.4, -0.2) is 28.0 Å². The minimum atomic E-state index is 0.407. The van der Waals surface area contributed by atoms with Crippen molar-refractivity contribution in [1.29, 1.82) is 0 Å². The molecule has 0 saturated heterocycles. The highest BCUT2D eigenvalue weighted by atomic mass is 14.9. The van der Waals surface area contributed by atoms with Crippen molar-refractivity contribution in [1.82, 2.24) is 20.3 Å². The second-order valence-corrected chi connectivity index (χ2v) is 5.50. The van der Waals surface area contributed by atoms with Crippen LogP contribution in [0.1, 0.15) is 42.4 Å². The Labute approximate surface area is 127 Å². The molecular formula is C17H24N4. The van der Waals surface area contributed by atoms with Gasteiger partial charge in [-0.05, 0) is 50.9 Å². The van der Waals surface area contributed by atoms with E-state index in [0.717, 1.165) is 35.9 Å². The summed E-state index contributed by atoms with van der Waals surface area (Å²) in [5, 5.41) is 3.39. The normalized spacial score (nSPS) is 12.4. The topological polar surface area (TPSA) is 50.7 Å². The zero-order chi connectivity index (χ0) is 15.4. The molecule has 0 aromatic carbocycles. The van der Waals surface area contributed by atoms with E-state index in [9.17, 15) is 0 Å². The fourth-order valence-corrected chi connectivity index (χ4v) is 2.68. The highest BCUT2D eigenvalue weighted by molar-refractivity contribution is 5.51. The first-order valence-electron chi connectivity index (χ1n) is 7.52. The van der Waals surface area contributed by atoms with Crippen molar-refractivity contribution < 1.29 is 0 Å². The molecule has 0 saturated carbocycles. The number of hydrogen-bond acceptors (Lipinski definition) is 4. The largest absolute Gasteiger partial charge is 0.316 e. The molecule has 0 radical (unpaired) electrons. The van der Waals surface area contributed by atoms with Gasteiger partial charge in [-0.3, -0.25) is 0 Å². The lowest BCUT2D eigenvalue weighted by Crippen LogP contribution is -2.21. The van der Waals surface area contributed by atoms with Crippen molar-refractivity contribution in [2.24, 2.45) is 0 Å². The third-order valence-electron chi connectivity index (χ3n) is 3.64. The van der Waals surface area contributed by atoms with E-state index in [0.29, 0.717) is 11.7 Å². The Morgan fingerprint density at radius 3 is 2.29 bits per heavy atom. The van der Waals surface area contributed by atoms with E-state index in [2.05, 4.69) is 48.0 Å². The van der Waals surface area contributed by atoms with Gasteiger partial charge in [-0.2, -0.15) is 0 Å². The van der Waals surface area contributed by atoms with Crippen LogP contribution in [0, 0.1) is 20.8 Å². The van der Waals surface area contributed by atoms with Gasteiger partial charge in [0, 0.05) is 23.6 Å². The fraction of sp³-hybridized carbons (Fsp3) is 0.471. The molecule has 0 spiro atoms. The number of nitrogens with one attached hydrogen (secondary N) is 1. The van der Waals surface area contributed by atoms with Crippen molar-refractivity contribution in [3.8, 4) is 11.5 Å². The van der Waals surface area contributed by atoms with Crippen LogP contribution in [-0.2, 0) is 0 Å². The number of aryl methyl sites for hydroxylation is 3. The molecule has 0 bridgehead atoms. The van der Waals surface area contributed by atoms with Crippen LogP contribution in [0.2, 0.25) is 0 Å². The summed E-state index contributed by atoms with van der Waals surface area (Å²) in [6.07, 6.45) is 0. The minimum absolute atomic E-state index is 0.407. The first-order valence-corrected chi connectivity index (χ1v) is 7.52. The Kier molecular flexibility index (Phi) is 5.02. The number of pyridine rings is 1. The summed E-state index contributed by atoms with van der Waals surface area (Å²) >= 11 is 0. The summed E-state index contributed by atoms with van der Waals surface area (Å²) in [4.78, 5) is 13.9. The Bertz CT molecular complexity index is 599. The second kappa shape index (κ2) is 6.76. The van der Waals surface area contributed by atoms with Crippen molar-refractivity contribution in [2.45, 2.75) is 40.5 Å². The number of rotatable bonds is 5. The van der Waals surface area contributed by atoms with E-state index < -0.39 is 0 Å². The third kappa shape index (κ3) is 3.64. The molecule has 0 aliphatic heterocycles. The first kappa shape index (κ1) is 15.6. The zero-order valence-electron chi connectivity index (χ0n) is 13.6. The summed E-state index contributed by atoms with van der Waals surface area (Å²) in [6, 6.07) is 5.94. The van der Waals surface area contributed by atoms with Crippen molar-refractivity contribution in [3.05, 3.63) is 40.8 Å². The Hall–Kier alpha value is -1.81. The van der Waals surface area contributed by atoms with E-state index in [1.165, 1.54) is 5.56 Å². The molecule has 1 N–H and O–H groups in total. The maximum Gasteiger partial charge on any atom is 0.178 e. The van der Waals surface area contributed by atoms with Gasteiger partial charge in [0.2, 0.25) is 0 Å². The molecule has 21 heavy (non-hydrogen) atoms. The number of hydrogen-bond donors (Lipinski definition) is 1. The summed E-state index contributed by atoms with van der Waals surface area (Å²) < 4.78 is 0. The van der Waals surface area contributed by atoms with E-state index >= 15 is 0 Å². The molecule has 1 unspecified atom stereocenters. The van der Waals surface area contributed by atoms with Gasteiger partial charge in [-0.1, -0.05) is 19.9 Å². The van der Waals surface area contributed by atoms with Gasteiger partial charge in [0.15, 0.2) is 5.82 Å². The molecule has 4 heteroatoms. The van der Waals surface area contributed by atoms with E-state index in [-0.39, 0.29) is 0 Å². The van der Waals surface area contributed by atoms with E-state index in [1.54, 1.807) is 0 Å². The maximum absolute atomic E-state index is 4.67. The predicted octanol–water partition coefficient (Wildman–Crippen LogP) is 3.18. The van der Waals surface area contributed by atoms with Gasteiger partial charge in [0.05, 0.1) is 0 Å². The molecule has 112 valence electrons. The van der Waals surface area contributed by atoms with Crippen LogP contribution in [0.5, 0.6) is 0 Å². The van der Waals surface area contributed by atoms with Crippen LogP contribution in [0.25, 0.3) is 11.5 Å². The number of aromatic nitrogens is 3. The van der Waals surface area contributed by atoms with Crippen LogP contribution in [0.3, 0.4) is 0 Å². The monoisotopic (exact) mass is 284 g/mol. The lowest BCUT2D eigenvalue weighted by molar-refractivity contribution is 0.624. The van der Waals surface area contributed by atoms with E-state index in [4.69, 9.17) is 0 Å². The molecule has 2 aromatic heterocycles. The molecule has 0 amide bonds. The lowest BCUT2D eigenvalue weighted by atomic mass is 9.98. The molecule has 0 aliphatic carbocycles. The summed E-state index contributed by atoms with van der Waals surface area (Å²) in [5.74, 6) is 1.12. The SMILES string of the molecule is CCNCC(C)c1c(C)nc(-c2cccc(C)n2)nc1C. The minimum Gasteiger partial charge on any atom is -0.316 e. The van der Waals surface area contributed by atoms with Crippen LogP contribution in [0.15, 0.2) is 18.2 Å². The Morgan fingerprint density at radius 2 is 1.71 bits per heavy atom. The summed E-state index contributed by atoms with van der Waals surface area (Å²) in [6.45, 7) is 12.4. The molecule has 2 rings (SSSR count). The predicted molar refractivity (Wildman–Crippen MR) is 86.4 cm³/mol. The zero-order valence-corrected chi connectivity index (χ0v) is 13.6. The van der Waals surface area contributed by atoms with Gasteiger partial charge in [-0.25, -0.2) is 15.0 Å². The molecule has 1 atom stereocenters. The Morgan fingerprint density at radius 1 is 1.05 bits per heavy atom. The second-order valence-electron chi connectivity index (χ2n) is 5.50. The van der Waals surface area contributed by atoms with Crippen molar-refractivity contribution in [2.75, 3.05) is 13.1 Å². The first-order chi connectivity index (χ1) is 10.0. The highest BCUT2D eigenvalue weighted by Gasteiger charge is 2.16. The smallest absolute Gasteiger partial charge is 0.178 e.